The molecule has 16 heavy (non-hydrogen) atoms. The molecule has 0 rings (SSSR count). The first-order valence-electron chi connectivity index (χ1n) is 5.61. The number of carbonyl (C=O) groups is 2. The lowest BCUT2D eigenvalue weighted by atomic mass is 10.2. The lowest BCUT2D eigenvalue weighted by Gasteiger charge is -2.11. The highest BCUT2D eigenvalue weighted by Crippen LogP contribution is 2.01. The fourth-order valence-corrected chi connectivity index (χ4v) is 1.09. The number of ether oxygens (including phenoxy) is 2. The third-order valence-electron chi connectivity index (χ3n) is 2.03. The Labute approximate surface area is 96.6 Å². The zero-order valence-corrected chi connectivity index (χ0v) is 10.0. The van der Waals surface area contributed by atoms with Gasteiger partial charge in [0.2, 0.25) is 0 Å². The van der Waals surface area contributed by atoms with Crippen LogP contribution in [0.1, 0.15) is 39.5 Å². The molecule has 1 unspecified atom stereocenters. The Hall–Kier alpha value is -1.32. The van der Waals surface area contributed by atoms with Crippen molar-refractivity contribution >= 4 is 11.9 Å². The largest absolute Gasteiger partial charge is 0.463 e. The molecule has 1 atom stereocenters. The van der Waals surface area contributed by atoms with Gasteiger partial charge in [0, 0.05) is 6.08 Å². The average molecular weight is 228 g/mol. The molecular formula is C12H20O4. The fraction of sp³-hybridized carbons (Fsp3) is 0.667. The van der Waals surface area contributed by atoms with Gasteiger partial charge in [0.1, 0.15) is 0 Å². The van der Waals surface area contributed by atoms with E-state index >= 15 is 0 Å². The summed E-state index contributed by atoms with van der Waals surface area (Å²) in [5, 5.41) is 0. The summed E-state index contributed by atoms with van der Waals surface area (Å²) in [6, 6.07) is 0. The smallest absolute Gasteiger partial charge is 0.347 e. The van der Waals surface area contributed by atoms with Gasteiger partial charge in [-0.3, -0.25) is 0 Å². The molecule has 0 aliphatic rings. The Morgan fingerprint density at radius 3 is 2.56 bits per heavy atom. The number of hydrogen-bond acceptors (Lipinski definition) is 4. The number of hydrogen-bond donors (Lipinski definition) is 0. The Balaban J connectivity index is 3.63. The number of carbonyl (C=O) groups excluding carboxylic acids is 2. The first kappa shape index (κ1) is 14.7. The molecule has 0 aromatic carbocycles. The third kappa shape index (κ3) is 7.04. The van der Waals surface area contributed by atoms with Crippen LogP contribution >= 0.6 is 0 Å². The van der Waals surface area contributed by atoms with E-state index in [0.717, 1.165) is 31.8 Å². The zero-order valence-electron chi connectivity index (χ0n) is 10.0. The van der Waals surface area contributed by atoms with E-state index in [9.17, 15) is 9.59 Å². The van der Waals surface area contributed by atoms with Crippen molar-refractivity contribution in [3.63, 3.8) is 0 Å². The van der Waals surface area contributed by atoms with E-state index < -0.39 is 18.0 Å². The molecule has 0 aromatic rings. The van der Waals surface area contributed by atoms with Crippen LogP contribution in [0.2, 0.25) is 0 Å². The topological polar surface area (TPSA) is 52.6 Å². The lowest BCUT2D eigenvalue weighted by Crippen LogP contribution is -2.25. The molecule has 0 bridgehead atoms. The summed E-state index contributed by atoms with van der Waals surface area (Å²) in [7, 11) is 0. The van der Waals surface area contributed by atoms with Crippen LogP contribution in [0.15, 0.2) is 12.7 Å². The maximum Gasteiger partial charge on any atom is 0.347 e. The van der Waals surface area contributed by atoms with Crippen molar-refractivity contribution in [1.29, 1.82) is 0 Å². The third-order valence-corrected chi connectivity index (χ3v) is 2.03. The summed E-state index contributed by atoms with van der Waals surface area (Å²) in [6.07, 6.45) is 4.33. The molecule has 0 saturated carbocycles. The van der Waals surface area contributed by atoms with Crippen LogP contribution in [0.3, 0.4) is 0 Å². The monoisotopic (exact) mass is 228 g/mol. The summed E-state index contributed by atoms with van der Waals surface area (Å²) in [6.45, 7) is 7.22. The van der Waals surface area contributed by atoms with Crippen LogP contribution in [-0.2, 0) is 19.1 Å². The molecule has 0 aromatic heterocycles. The number of rotatable bonds is 8. The highest BCUT2D eigenvalue weighted by atomic mass is 16.6. The van der Waals surface area contributed by atoms with E-state index in [4.69, 9.17) is 9.47 Å². The maximum absolute atomic E-state index is 11.3. The average Bonchev–Trinajstić information content (AvgIpc) is 2.28. The zero-order chi connectivity index (χ0) is 12.4. The van der Waals surface area contributed by atoms with Crippen LogP contribution in [0.25, 0.3) is 0 Å². The highest BCUT2D eigenvalue weighted by molar-refractivity contribution is 5.84. The van der Waals surface area contributed by atoms with E-state index in [-0.39, 0.29) is 0 Å². The second-order valence-electron chi connectivity index (χ2n) is 3.51. The molecule has 92 valence electrons. The quantitative estimate of drug-likeness (QED) is 0.363. The molecule has 0 saturated heterocycles. The second kappa shape index (κ2) is 8.95. The van der Waals surface area contributed by atoms with Crippen LogP contribution < -0.4 is 0 Å². The van der Waals surface area contributed by atoms with Crippen molar-refractivity contribution in [1.82, 2.24) is 0 Å². The van der Waals surface area contributed by atoms with Crippen LogP contribution in [0, 0.1) is 0 Å². The van der Waals surface area contributed by atoms with E-state index in [1.54, 1.807) is 0 Å². The minimum Gasteiger partial charge on any atom is -0.463 e. The first-order valence-corrected chi connectivity index (χ1v) is 5.61. The van der Waals surface area contributed by atoms with Gasteiger partial charge in [-0.2, -0.15) is 0 Å². The fourth-order valence-electron chi connectivity index (χ4n) is 1.09. The molecule has 0 aliphatic carbocycles. The van der Waals surface area contributed by atoms with E-state index in [1.807, 2.05) is 0 Å². The first-order chi connectivity index (χ1) is 7.61. The Morgan fingerprint density at radius 1 is 1.31 bits per heavy atom. The molecule has 0 fully saturated rings. The second-order valence-corrected chi connectivity index (χ2v) is 3.51. The summed E-state index contributed by atoms with van der Waals surface area (Å²) >= 11 is 0. The lowest BCUT2D eigenvalue weighted by molar-refractivity contribution is -0.163. The van der Waals surface area contributed by atoms with E-state index in [1.165, 1.54) is 6.92 Å². The minimum atomic E-state index is -0.864. The Morgan fingerprint density at radius 2 is 2.00 bits per heavy atom. The Bertz CT molecular complexity index is 235. The predicted octanol–water partition coefficient (Wildman–Crippen LogP) is 2.23. The minimum absolute atomic E-state index is 0.384. The summed E-state index contributed by atoms with van der Waals surface area (Å²) in [5.74, 6) is -1.12. The van der Waals surface area contributed by atoms with Crippen LogP contribution in [-0.4, -0.2) is 24.6 Å². The van der Waals surface area contributed by atoms with Crippen molar-refractivity contribution in [2.24, 2.45) is 0 Å². The molecular weight excluding hydrogens is 208 g/mol. The summed E-state index contributed by atoms with van der Waals surface area (Å²) in [4.78, 5) is 22.1. The standard InChI is InChI=1S/C12H20O4/c1-4-6-7-8-9-15-12(14)10(3)16-11(13)5-2/h5,10H,2,4,6-9H2,1,3H3. The van der Waals surface area contributed by atoms with Crippen molar-refractivity contribution < 1.29 is 19.1 Å². The van der Waals surface area contributed by atoms with E-state index in [0.29, 0.717) is 6.61 Å². The van der Waals surface area contributed by atoms with Crippen LogP contribution in [0.4, 0.5) is 0 Å². The molecule has 0 radical (unpaired) electrons. The SMILES string of the molecule is C=CC(=O)OC(C)C(=O)OCCCCCC. The number of esters is 2. The van der Waals surface area contributed by atoms with Crippen molar-refractivity contribution in [2.75, 3.05) is 6.61 Å². The van der Waals surface area contributed by atoms with Gasteiger partial charge in [-0.15, -0.1) is 0 Å². The Kier molecular flexibility index (Phi) is 8.21. The van der Waals surface area contributed by atoms with Crippen molar-refractivity contribution in [2.45, 2.75) is 45.6 Å². The van der Waals surface area contributed by atoms with Gasteiger partial charge >= 0.3 is 11.9 Å². The van der Waals surface area contributed by atoms with Gasteiger partial charge in [0.15, 0.2) is 6.10 Å². The van der Waals surface area contributed by atoms with Gasteiger partial charge < -0.3 is 9.47 Å². The van der Waals surface area contributed by atoms with Gasteiger partial charge in [-0.1, -0.05) is 32.8 Å². The summed E-state index contributed by atoms with van der Waals surface area (Å²) < 4.78 is 9.65. The van der Waals surface area contributed by atoms with Gasteiger partial charge in [-0.25, -0.2) is 9.59 Å². The molecule has 4 nitrogen and oxygen atoms in total. The molecule has 0 spiro atoms. The molecule has 0 heterocycles. The van der Waals surface area contributed by atoms with Crippen molar-refractivity contribution in [3.05, 3.63) is 12.7 Å². The highest BCUT2D eigenvalue weighted by Gasteiger charge is 2.17. The van der Waals surface area contributed by atoms with E-state index in [2.05, 4.69) is 13.5 Å². The molecule has 0 aliphatic heterocycles. The summed E-state index contributed by atoms with van der Waals surface area (Å²) in [5.41, 5.74) is 0. The van der Waals surface area contributed by atoms with Crippen molar-refractivity contribution in [3.8, 4) is 0 Å². The maximum atomic E-state index is 11.3. The van der Waals surface area contributed by atoms with Crippen LogP contribution in [0.5, 0.6) is 0 Å². The molecule has 0 N–H and O–H groups in total. The predicted molar refractivity (Wildman–Crippen MR) is 60.9 cm³/mol. The molecule has 4 heteroatoms. The van der Waals surface area contributed by atoms with Gasteiger partial charge in [-0.05, 0) is 13.3 Å². The molecule has 0 amide bonds. The number of unbranched alkanes of at least 4 members (excludes halogenated alkanes) is 3. The normalized spacial score (nSPS) is 11.6. The van der Waals surface area contributed by atoms with Gasteiger partial charge in [0.25, 0.3) is 0 Å². The van der Waals surface area contributed by atoms with Gasteiger partial charge in [0.05, 0.1) is 6.61 Å².